The van der Waals surface area contributed by atoms with Gasteiger partial charge in [-0.2, -0.15) is 0 Å². The maximum absolute atomic E-state index is 13.2. The third-order valence-electron chi connectivity index (χ3n) is 5.68. The summed E-state index contributed by atoms with van der Waals surface area (Å²) in [7, 11) is -3.01. The van der Waals surface area contributed by atoms with E-state index in [1.165, 1.54) is 6.42 Å². The van der Waals surface area contributed by atoms with Gasteiger partial charge in [0.25, 0.3) is 0 Å². The fraction of sp³-hybridized carbons (Fsp3) is 1.00. The fourth-order valence-electron chi connectivity index (χ4n) is 4.33. The molecule has 124 valence electrons. The van der Waals surface area contributed by atoms with Crippen molar-refractivity contribution in [2.75, 3.05) is 6.54 Å². The van der Waals surface area contributed by atoms with Crippen molar-refractivity contribution in [1.82, 2.24) is 5.32 Å². The minimum absolute atomic E-state index is 0.0905. The molecule has 0 aromatic rings. The topological polar surface area (TPSA) is 46.2 Å². The van der Waals surface area contributed by atoms with Crippen LogP contribution < -0.4 is 5.32 Å². The van der Waals surface area contributed by atoms with Gasteiger partial charge in [0, 0.05) is 6.04 Å². The monoisotopic (exact) mass is 315 g/mol. The van der Waals surface area contributed by atoms with Crippen molar-refractivity contribution < 1.29 is 8.42 Å². The molecule has 3 nitrogen and oxygen atoms in total. The summed E-state index contributed by atoms with van der Waals surface area (Å²) in [6.45, 7) is 9.70. The third-order valence-corrected chi connectivity index (χ3v) is 8.39. The Kier molecular flexibility index (Phi) is 5.40. The molecule has 4 atom stereocenters. The normalized spacial score (nSPS) is 36.8. The summed E-state index contributed by atoms with van der Waals surface area (Å²) in [6.07, 6.45) is 6.93. The Bertz CT molecular complexity index is 444. The molecule has 0 heterocycles. The molecule has 4 heteroatoms. The number of sulfone groups is 1. The third kappa shape index (κ3) is 3.64. The molecule has 4 unspecified atom stereocenters. The maximum Gasteiger partial charge on any atom is 0.157 e. The van der Waals surface area contributed by atoms with E-state index < -0.39 is 9.84 Å². The second-order valence-corrected chi connectivity index (χ2v) is 10.4. The van der Waals surface area contributed by atoms with Crippen molar-refractivity contribution in [3.8, 4) is 0 Å². The largest absolute Gasteiger partial charge is 0.312 e. The van der Waals surface area contributed by atoms with Crippen LogP contribution in [0.4, 0.5) is 0 Å². The zero-order valence-corrected chi connectivity index (χ0v) is 15.0. The van der Waals surface area contributed by atoms with Crippen LogP contribution >= 0.6 is 0 Å². The lowest BCUT2D eigenvalue weighted by Gasteiger charge is -2.35. The summed E-state index contributed by atoms with van der Waals surface area (Å²) < 4.78 is 26.3. The van der Waals surface area contributed by atoms with Crippen molar-refractivity contribution in [1.29, 1.82) is 0 Å². The summed E-state index contributed by atoms with van der Waals surface area (Å²) in [4.78, 5) is 0. The van der Waals surface area contributed by atoms with E-state index in [9.17, 15) is 8.42 Å². The highest BCUT2D eigenvalue weighted by molar-refractivity contribution is 7.92. The van der Waals surface area contributed by atoms with E-state index in [1.807, 2.05) is 0 Å². The van der Waals surface area contributed by atoms with Crippen LogP contribution in [0.2, 0.25) is 0 Å². The Balaban J connectivity index is 2.17. The summed E-state index contributed by atoms with van der Waals surface area (Å²) >= 11 is 0. The molecule has 2 rings (SSSR count). The van der Waals surface area contributed by atoms with Gasteiger partial charge in [-0.25, -0.2) is 8.42 Å². The van der Waals surface area contributed by atoms with Crippen molar-refractivity contribution in [2.24, 2.45) is 11.3 Å². The van der Waals surface area contributed by atoms with Crippen molar-refractivity contribution >= 4 is 9.84 Å². The molecule has 2 aliphatic carbocycles. The number of nitrogens with one attached hydrogen (secondary N) is 1. The van der Waals surface area contributed by atoms with Crippen molar-refractivity contribution in [2.45, 2.75) is 89.2 Å². The average Bonchev–Trinajstić information content (AvgIpc) is 2.72. The van der Waals surface area contributed by atoms with Gasteiger partial charge < -0.3 is 5.32 Å². The highest BCUT2D eigenvalue weighted by Gasteiger charge is 2.49. The van der Waals surface area contributed by atoms with Crippen LogP contribution in [0.5, 0.6) is 0 Å². The molecule has 0 amide bonds. The zero-order chi connectivity index (χ0) is 15.7. The molecule has 2 fully saturated rings. The summed E-state index contributed by atoms with van der Waals surface area (Å²) in [5.74, 6) is 0.565. The van der Waals surface area contributed by atoms with Crippen LogP contribution in [-0.2, 0) is 9.84 Å². The quantitative estimate of drug-likeness (QED) is 0.844. The van der Waals surface area contributed by atoms with Crippen LogP contribution in [0.1, 0.15) is 72.6 Å². The van der Waals surface area contributed by atoms with E-state index in [0.717, 1.165) is 45.1 Å². The molecule has 21 heavy (non-hydrogen) atoms. The predicted octanol–water partition coefficient (Wildman–Crippen LogP) is 3.54. The second kappa shape index (κ2) is 6.57. The van der Waals surface area contributed by atoms with Gasteiger partial charge in [-0.1, -0.05) is 40.5 Å². The molecular weight excluding hydrogens is 282 g/mol. The van der Waals surface area contributed by atoms with Crippen LogP contribution in [-0.4, -0.2) is 31.5 Å². The lowest BCUT2D eigenvalue weighted by atomic mass is 9.87. The number of hydrogen-bond donors (Lipinski definition) is 1. The van der Waals surface area contributed by atoms with Crippen LogP contribution in [0.15, 0.2) is 0 Å². The van der Waals surface area contributed by atoms with Gasteiger partial charge in [0.15, 0.2) is 9.84 Å². The Morgan fingerprint density at radius 3 is 2.52 bits per heavy atom. The Morgan fingerprint density at radius 1 is 1.19 bits per heavy atom. The van der Waals surface area contributed by atoms with Gasteiger partial charge in [-0.05, 0) is 50.0 Å². The van der Waals surface area contributed by atoms with E-state index in [2.05, 4.69) is 33.0 Å². The number of rotatable bonds is 5. The SMILES string of the molecule is CCCNC1C(S(=O)(=O)C2CCCC(C)C2)CCC1(C)C. The standard InChI is InChI=1S/C17H33NO2S/c1-5-11-18-16-15(9-10-17(16,3)4)21(19,20)14-8-6-7-13(2)12-14/h13-16,18H,5-12H2,1-4H3. The zero-order valence-electron chi connectivity index (χ0n) is 14.2. The van der Waals surface area contributed by atoms with Gasteiger partial charge in [0.2, 0.25) is 0 Å². The minimum Gasteiger partial charge on any atom is -0.312 e. The molecule has 0 aromatic heterocycles. The molecule has 0 bridgehead atoms. The fourth-order valence-corrected chi connectivity index (χ4v) is 7.20. The molecule has 2 aliphatic rings. The summed E-state index contributed by atoms with van der Waals surface area (Å²) in [6, 6.07) is 0.125. The molecule has 0 radical (unpaired) electrons. The van der Waals surface area contributed by atoms with E-state index in [-0.39, 0.29) is 22.0 Å². The first-order chi connectivity index (χ1) is 9.79. The summed E-state index contributed by atoms with van der Waals surface area (Å²) in [5.41, 5.74) is 0.0905. The molecule has 0 spiro atoms. The minimum atomic E-state index is -3.01. The van der Waals surface area contributed by atoms with E-state index in [1.54, 1.807) is 0 Å². The van der Waals surface area contributed by atoms with E-state index >= 15 is 0 Å². The highest BCUT2D eigenvalue weighted by Crippen LogP contribution is 2.43. The van der Waals surface area contributed by atoms with Crippen LogP contribution in [0.3, 0.4) is 0 Å². The van der Waals surface area contributed by atoms with Gasteiger partial charge in [0.05, 0.1) is 10.5 Å². The highest BCUT2D eigenvalue weighted by atomic mass is 32.2. The molecule has 2 saturated carbocycles. The first kappa shape index (κ1) is 17.3. The lowest BCUT2D eigenvalue weighted by molar-refractivity contribution is 0.283. The van der Waals surface area contributed by atoms with Gasteiger partial charge in [-0.15, -0.1) is 0 Å². The number of hydrogen-bond acceptors (Lipinski definition) is 3. The molecule has 1 N–H and O–H groups in total. The first-order valence-electron chi connectivity index (χ1n) is 8.75. The Morgan fingerprint density at radius 2 is 1.90 bits per heavy atom. The molecule has 0 aliphatic heterocycles. The van der Waals surface area contributed by atoms with E-state index in [4.69, 9.17) is 0 Å². The van der Waals surface area contributed by atoms with Gasteiger partial charge in [-0.3, -0.25) is 0 Å². The van der Waals surface area contributed by atoms with Crippen LogP contribution in [0, 0.1) is 11.3 Å². The summed E-state index contributed by atoms with van der Waals surface area (Å²) in [5, 5.41) is 3.29. The second-order valence-electron chi connectivity index (χ2n) is 7.98. The smallest absolute Gasteiger partial charge is 0.157 e. The lowest BCUT2D eigenvalue weighted by Crippen LogP contribution is -2.50. The van der Waals surface area contributed by atoms with Crippen molar-refractivity contribution in [3.63, 3.8) is 0 Å². The Hall–Kier alpha value is -0.0900. The first-order valence-corrected chi connectivity index (χ1v) is 10.4. The molecule has 0 aromatic carbocycles. The predicted molar refractivity (Wildman–Crippen MR) is 89.2 cm³/mol. The maximum atomic E-state index is 13.2. The van der Waals surface area contributed by atoms with Crippen molar-refractivity contribution in [3.05, 3.63) is 0 Å². The molecule has 0 saturated heterocycles. The van der Waals surface area contributed by atoms with E-state index in [0.29, 0.717) is 5.92 Å². The average molecular weight is 316 g/mol. The Labute approximate surface area is 131 Å². The van der Waals surface area contributed by atoms with Crippen LogP contribution in [0.25, 0.3) is 0 Å². The molecular formula is C17H33NO2S. The van der Waals surface area contributed by atoms with Gasteiger partial charge in [0.1, 0.15) is 0 Å². The van der Waals surface area contributed by atoms with Gasteiger partial charge >= 0.3 is 0 Å².